The first-order valence-corrected chi connectivity index (χ1v) is 13.0. The van der Waals surface area contributed by atoms with Crippen LogP contribution in [-0.4, -0.2) is 37.0 Å². The van der Waals surface area contributed by atoms with E-state index in [9.17, 15) is 14.7 Å². The lowest BCUT2D eigenvalue weighted by atomic mass is 9.97. The number of Topliss-reactive ketones (excluding diaryl/α,β-unsaturated/α-hetero) is 1. The third kappa shape index (κ3) is 4.72. The molecule has 12 heteroatoms. The van der Waals surface area contributed by atoms with Crippen LogP contribution in [0.2, 0.25) is 10.0 Å². The molecule has 1 saturated heterocycles. The fourth-order valence-electron chi connectivity index (χ4n) is 3.68. The number of thioether (sulfide) groups is 1. The standard InChI is InChI=1S/C24H15Cl2N5O3S2/c25-16-4-3-15(17(26)10-16)12-35-24-30-29-23(36-24)31-19(14-2-1-7-28-11-14)18(21(33)22(31)34)20(32)13-5-8-27-9-6-13/h1-11,19,32H,12H2/b20-18+. The van der Waals surface area contributed by atoms with Crippen LogP contribution in [0.4, 0.5) is 5.13 Å². The van der Waals surface area contributed by atoms with Crippen molar-refractivity contribution in [2.24, 2.45) is 0 Å². The highest BCUT2D eigenvalue weighted by atomic mass is 35.5. The van der Waals surface area contributed by atoms with Crippen LogP contribution in [0.1, 0.15) is 22.7 Å². The molecular weight excluding hydrogens is 541 g/mol. The van der Waals surface area contributed by atoms with Gasteiger partial charge in [0.2, 0.25) is 5.13 Å². The first-order chi connectivity index (χ1) is 17.4. The number of anilines is 1. The summed E-state index contributed by atoms with van der Waals surface area (Å²) in [7, 11) is 0. The maximum atomic E-state index is 13.2. The second-order valence-electron chi connectivity index (χ2n) is 7.57. The van der Waals surface area contributed by atoms with Crippen LogP contribution in [0.3, 0.4) is 0 Å². The molecule has 4 heterocycles. The molecule has 1 atom stereocenters. The predicted octanol–water partition coefficient (Wildman–Crippen LogP) is 5.55. The zero-order valence-electron chi connectivity index (χ0n) is 18.2. The summed E-state index contributed by atoms with van der Waals surface area (Å²) in [5, 5.41) is 20.7. The zero-order valence-corrected chi connectivity index (χ0v) is 21.4. The second-order valence-corrected chi connectivity index (χ2v) is 10.6. The van der Waals surface area contributed by atoms with Gasteiger partial charge in [-0.15, -0.1) is 10.2 Å². The Labute approximate surface area is 223 Å². The second kappa shape index (κ2) is 10.4. The lowest BCUT2D eigenvalue weighted by molar-refractivity contribution is -0.132. The molecular formula is C24H15Cl2N5O3S2. The van der Waals surface area contributed by atoms with Crippen molar-refractivity contribution in [3.05, 3.63) is 99.6 Å². The topological polar surface area (TPSA) is 109 Å². The van der Waals surface area contributed by atoms with Crippen molar-refractivity contribution < 1.29 is 14.7 Å². The van der Waals surface area contributed by atoms with Crippen molar-refractivity contribution in [1.82, 2.24) is 20.2 Å². The van der Waals surface area contributed by atoms with E-state index in [0.29, 0.717) is 31.3 Å². The number of halogens is 2. The Hall–Kier alpha value is -3.31. The number of carbonyl (C=O) groups is 2. The summed E-state index contributed by atoms with van der Waals surface area (Å²) in [6.45, 7) is 0. The quantitative estimate of drug-likeness (QED) is 0.108. The van der Waals surface area contributed by atoms with Crippen molar-refractivity contribution in [2.75, 3.05) is 4.90 Å². The largest absolute Gasteiger partial charge is 0.507 e. The molecule has 1 unspecified atom stereocenters. The van der Waals surface area contributed by atoms with Gasteiger partial charge in [-0.25, -0.2) is 0 Å². The van der Waals surface area contributed by atoms with E-state index >= 15 is 0 Å². The van der Waals surface area contributed by atoms with Crippen molar-refractivity contribution in [3.8, 4) is 0 Å². The van der Waals surface area contributed by atoms with Crippen LogP contribution < -0.4 is 4.90 Å². The summed E-state index contributed by atoms with van der Waals surface area (Å²) in [5.41, 5.74) is 1.72. The number of nitrogens with zero attached hydrogens (tertiary/aromatic N) is 5. The molecule has 0 saturated carbocycles. The first kappa shape index (κ1) is 24.4. The van der Waals surface area contributed by atoms with Crippen LogP contribution in [-0.2, 0) is 15.3 Å². The number of aliphatic hydroxyl groups excluding tert-OH is 1. The van der Waals surface area contributed by atoms with E-state index in [1.165, 1.54) is 29.1 Å². The van der Waals surface area contributed by atoms with E-state index in [4.69, 9.17) is 23.2 Å². The van der Waals surface area contributed by atoms with E-state index < -0.39 is 17.7 Å². The molecule has 1 aromatic carbocycles. The van der Waals surface area contributed by atoms with Crippen molar-refractivity contribution in [3.63, 3.8) is 0 Å². The number of rotatable bonds is 6. The lowest BCUT2D eigenvalue weighted by Gasteiger charge is -2.22. The Bertz CT molecular complexity index is 1480. The number of hydrogen-bond acceptors (Lipinski definition) is 9. The molecule has 0 aliphatic carbocycles. The minimum atomic E-state index is -0.927. The number of amides is 1. The average molecular weight is 556 g/mol. The summed E-state index contributed by atoms with van der Waals surface area (Å²) in [4.78, 5) is 35.7. The van der Waals surface area contributed by atoms with E-state index in [1.807, 2.05) is 6.07 Å². The zero-order chi connectivity index (χ0) is 25.2. The molecule has 3 aromatic heterocycles. The minimum absolute atomic E-state index is 0.0588. The number of benzene rings is 1. The summed E-state index contributed by atoms with van der Waals surface area (Å²) in [6, 6.07) is 10.9. The van der Waals surface area contributed by atoms with Gasteiger partial charge in [-0.05, 0) is 41.5 Å². The van der Waals surface area contributed by atoms with Crippen molar-refractivity contribution in [2.45, 2.75) is 16.1 Å². The molecule has 1 amide bonds. The SMILES string of the molecule is O=C1C(=O)N(c2nnc(SCc3ccc(Cl)cc3Cl)s2)C(c2cccnc2)/C1=C(\O)c1ccncc1. The molecule has 1 aliphatic heterocycles. The Morgan fingerprint density at radius 1 is 1.06 bits per heavy atom. The Kier molecular flexibility index (Phi) is 7.01. The van der Waals surface area contributed by atoms with Gasteiger partial charge < -0.3 is 5.11 Å². The maximum absolute atomic E-state index is 13.2. The van der Waals surface area contributed by atoms with Gasteiger partial charge in [-0.2, -0.15) is 0 Å². The number of pyridine rings is 2. The minimum Gasteiger partial charge on any atom is -0.507 e. The number of aromatic nitrogens is 4. The van der Waals surface area contributed by atoms with Gasteiger partial charge in [0.1, 0.15) is 5.76 Å². The number of aliphatic hydroxyl groups is 1. The Morgan fingerprint density at radius 3 is 2.58 bits per heavy atom. The number of carbonyl (C=O) groups excluding carboxylic acids is 2. The summed E-state index contributed by atoms with van der Waals surface area (Å²) < 4.78 is 0.581. The fourth-order valence-corrected chi connectivity index (χ4v) is 6.11. The summed E-state index contributed by atoms with van der Waals surface area (Å²) in [5.74, 6) is -1.43. The predicted molar refractivity (Wildman–Crippen MR) is 139 cm³/mol. The molecule has 5 rings (SSSR count). The average Bonchev–Trinajstić information content (AvgIpc) is 3.46. The Balaban J connectivity index is 1.51. The highest BCUT2D eigenvalue weighted by molar-refractivity contribution is 8.00. The van der Waals surface area contributed by atoms with E-state index in [1.54, 1.807) is 48.8 Å². The van der Waals surface area contributed by atoms with Gasteiger partial charge in [-0.3, -0.25) is 24.5 Å². The molecule has 1 fully saturated rings. The van der Waals surface area contributed by atoms with Crippen LogP contribution in [0.5, 0.6) is 0 Å². The third-order valence-corrected chi connectivity index (χ3v) is 8.06. The van der Waals surface area contributed by atoms with Gasteiger partial charge in [0.15, 0.2) is 4.34 Å². The molecule has 0 spiro atoms. The van der Waals surface area contributed by atoms with Gasteiger partial charge in [-0.1, -0.05) is 58.4 Å². The number of hydrogen-bond donors (Lipinski definition) is 1. The smallest absolute Gasteiger partial charge is 0.301 e. The summed E-state index contributed by atoms with van der Waals surface area (Å²) in [6.07, 6.45) is 6.11. The molecule has 8 nitrogen and oxygen atoms in total. The monoisotopic (exact) mass is 555 g/mol. The molecule has 4 aromatic rings. The normalized spacial score (nSPS) is 17.1. The van der Waals surface area contributed by atoms with E-state index in [2.05, 4.69) is 20.2 Å². The molecule has 36 heavy (non-hydrogen) atoms. The highest BCUT2D eigenvalue weighted by Gasteiger charge is 2.48. The number of ketones is 1. The van der Waals surface area contributed by atoms with Crippen molar-refractivity contribution in [1.29, 1.82) is 0 Å². The highest BCUT2D eigenvalue weighted by Crippen LogP contribution is 2.44. The van der Waals surface area contributed by atoms with Gasteiger partial charge >= 0.3 is 5.91 Å². The van der Waals surface area contributed by atoms with Gasteiger partial charge in [0.25, 0.3) is 5.78 Å². The van der Waals surface area contributed by atoms with E-state index in [-0.39, 0.29) is 16.5 Å². The Morgan fingerprint density at radius 2 is 1.86 bits per heavy atom. The van der Waals surface area contributed by atoms with E-state index in [0.717, 1.165) is 16.9 Å². The van der Waals surface area contributed by atoms with Crippen LogP contribution in [0.15, 0.2) is 77.2 Å². The van der Waals surface area contributed by atoms with Crippen LogP contribution in [0, 0.1) is 0 Å². The van der Waals surface area contributed by atoms with Gasteiger partial charge in [0.05, 0.1) is 11.6 Å². The van der Waals surface area contributed by atoms with Crippen molar-refractivity contribution >= 4 is 68.9 Å². The molecule has 180 valence electrons. The molecule has 0 radical (unpaired) electrons. The molecule has 1 aliphatic rings. The molecule has 1 N–H and O–H groups in total. The first-order valence-electron chi connectivity index (χ1n) is 10.5. The maximum Gasteiger partial charge on any atom is 0.301 e. The van der Waals surface area contributed by atoms with Gasteiger partial charge in [0, 0.05) is 46.1 Å². The fraction of sp³-hybridized carbons (Fsp3) is 0.0833. The summed E-state index contributed by atoms with van der Waals surface area (Å²) >= 11 is 14.8. The lowest BCUT2D eigenvalue weighted by Crippen LogP contribution is -2.29. The molecule has 0 bridgehead atoms. The van der Waals surface area contributed by atoms with Crippen LogP contribution >= 0.6 is 46.3 Å². The van der Waals surface area contributed by atoms with Crippen LogP contribution in [0.25, 0.3) is 5.76 Å². The third-order valence-electron chi connectivity index (χ3n) is 5.37.